The average molecular weight is 281 g/mol. The van der Waals surface area contributed by atoms with E-state index in [-0.39, 0.29) is 11.9 Å². The fourth-order valence-corrected chi connectivity index (χ4v) is 3.47. The zero-order valence-corrected chi connectivity index (χ0v) is 12.5. The Morgan fingerprint density at radius 3 is 2.79 bits per heavy atom. The summed E-state index contributed by atoms with van der Waals surface area (Å²) in [5.41, 5.74) is 0. The highest BCUT2D eigenvalue weighted by atomic mass is 32.1. The minimum atomic E-state index is -0.00717. The molecule has 1 aromatic heterocycles. The molecule has 0 amide bonds. The van der Waals surface area contributed by atoms with Gasteiger partial charge < -0.3 is 10.1 Å². The summed E-state index contributed by atoms with van der Waals surface area (Å²) in [6, 6.07) is 5.20. The van der Waals surface area contributed by atoms with E-state index in [9.17, 15) is 4.79 Å². The third-order valence-corrected chi connectivity index (χ3v) is 4.86. The first kappa shape index (κ1) is 14.5. The monoisotopic (exact) mass is 281 g/mol. The molecule has 1 aromatic rings. The summed E-state index contributed by atoms with van der Waals surface area (Å²) in [7, 11) is 0. The molecule has 0 spiro atoms. The third kappa shape index (κ3) is 4.05. The van der Waals surface area contributed by atoms with Gasteiger partial charge in [0.1, 0.15) is 0 Å². The lowest BCUT2D eigenvalue weighted by Crippen LogP contribution is -2.36. The van der Waals surface area contributed by atoms with Gasteiger partial charge in [-0.05, 0) is 51.0 Å². The summed E-state index contributed by atoms with van der Waals surface area (Å²) in [5, 5.41) is 5.79. The summed E-state index contributed by atoms with van der Waals surface area (Å²) in [4.78, 5) is 13.1. The zero-order chi connectivity index (χ0) is 13.7. The summed E-state index contributed by atoms with van der Waals surface area (Å²) in [6.45, 7) is 4.57. The molecular formula is C15H23NO2S. The second-order valence-electron chi connectivity index (χ2n) is 5.20. The van der Waals surface area contributed by atoms with Gasteiger partial charge in [0.2, 0.25) is 0 Å². The van der Waals surface area contributed by atoms with Crippen molar-refractivity contribution >= 4 is 17.3 Å². The third-order valence-electron chi connectivity index (χ3n) is 3.80. The van der Waals surface area contributed by atoms with Crippen LogP contribution < -0.4 is 5.32 Å². The molecule has 0 bridgehead atoms. The molecule has 1 saturated carbocycles. The van der Waals surface area contributed by atoms with Gasteiger partial charge in [-0.3, -0.25) is 4.79 Å². The van der Waals surface area contributed by atoms with E-state index in [1.165, 1.54) is 4.88 Å². The van der Waals surface area contributed by atoms with Crippen LogP contribution in [-0.2, 0) is 9.53 Å². The van der Waals surface area contributed by atoms with Crippen molar-refractivity contribution in [1.82, 2.24) is 5.32 Å². The van der Waals surface area contributed by atoms with Crippen molar-refractivity contribution in [2.75, 3.05) is 6.61 Å². The molecule has 1 aliphatic carbocycles. The first-order valence-corrected chi connectivity index (χ1v) is 8.04. The Bertz CT molecular complexity index is 383. The molecule has 1 unspecified atom stereocenters. The lowest BCUT2D eigenvalue weighted by molar-refractivity contribution is -0.149. The van der Waals surface area contributed by atoms with E-state index < -0.39 is 0 Å². The Balaban J connectivity index is 1.76. The van der Waals surface area contributed by atoms with Crippen LogP contribution in [-0.4, -0.2) is 18.6 Å². The SMILES string of the molecule is CCOC(=O)C1CCC(NC(C)c2cccs2)CC1. The first-order chi connectivity index (χ1) is 9.20. The van der Waals surface area contributed by atoms with Crippen molar-refractivity contribution in [3.8, 4) is 0 Å². The van der Waals surface area contributed by atoms with E-state index in [0.29, 0.717) is 18.7 Å². The molecule has 0 saturated heterocycles. The number of thiophene rings is 1. The molecule has 0 aromatic carbocycles. The Morgan fingerprint density at radius 2 is 2.21 bits per heavy atom. The van der Waals surface area contributed by atoms with Crippen LogP contribution in [0, 0.1) is 5.92 Å². The Hall–Kier alpha value is -0.870. The molecule has 1 heterocycles. The van der Waals surface area contributed by atoms with Crippen molar-refractivity contribution < 1.29 is 9.53 Å². The summed E-state index contributed by atoms with van der Waals surface area (Å²) in [6.07, 6.45) is 4.04. The van der Waals surface area contributed by atoms with Gasteiger partial charge in [0, 0.05) is 17.0 Å². The summed E-state index contributed by atoms with van der Waals surface area (Å²) in [5.74, 6) is 0.113. The fraction of sp³-hybridized carbons (Fsp3) is 0.667. The van der Waals surface area contributed by atoms with Gasteiger partial charge in [-0.2, -0.15) is 0 Å². The highest BCUT2D eigenvalue weighted by Gasteiger charge is 2.27. The van der Waals surface area contributed by atoms with Gasteiger partial charge in [-0.1, -0.05) is 6.07 Å². The standard InChI is InChI=1S/C15H23NO2S/c1-3-18-15(17)12-6-8-13(9-7-12)16-11(2)14-5-4-10-19-14/h4-5,10-13,16H,3,6-9H2,1-2H3. The Labute approximate surface area is 119 Å². The molecule has 1 fully saturated rings. The largest absolute Gasteiger partial charge is 0.466 e. The number of carbonyl (C=O) groups excluding carboxylic acids is 1. The van der Waals surface area contributed by atoms with Crippen LogP contribution in [0.4, 0.5) is 0 Å². The van der Waals surface area contributed by atoms with Gasteiger partial charge in [-0.15, -0.1) is 11.3 Å². The molecule has 0 radical (unpaired) electrons. The Morgan fingerprint density at radius 1 is 1.47 bits per heavy atom. The van der Waals surface area contributed by atoms with E-state index in [0.717, 1.165) is 25.7 Å². The molecule has 19 heavy (non-hydrogen) atoms. The Kier molecular flexibility index (Phi) is 5.40. The number of hydrogen-bond acceptors (Lipinski definition) is 4. The maximum Gasteiger partial charge on any atom is 0.308 e. The number of ether oxygens (including phenoxy) is 1. The lowest BCUT2D eigenvalue weighted by atomic mass is 9.86. The second kappa shape index (κ2) is 7.06. The van der Waals surface area contributed by atoms with Gasteiger partial charge in [0.05, 0.1) is 12.5 Å². The van der Waals surface area contributed by atoms with E-state index in [1.807, 2.05) is 6.92 Å². The van der Waals surface area contributed by atoms with E-state index in [1.54, 1.807) is 11.3 Å². The number of nitrogens with one attached hydrogen (secondary N) is 1. The van der Waals surface area contributed by atoms with Gasteiger partial charge >= 0.3 is 5.97 Å². The molecular weight excluding hydrogens is 258 g/mol. The van der Waals surface area contributed by atoms with Crippen LogP contribution in [0.3, 0.4) is 0 Å². The van der Waals surface area contributed by atoms with Gasteiger partial charge in [0.15, 0.2) is 0 Å². The van der Waals surface area contributed by atoms with E-state index in [4.69, 9.17) is 4.74 Å². The quantitative estimate of drug-likeness (QED) is 0.839. The van der Waals surface area contributed by atoms with Crippen molar-refractivity contribution in [3.63, 3.8) is 0 Å². The molecule has 106 valence electrons. The van der Waals surface area contributed by atoms with Crippen LogP contribution in [0.1, 0.15) is 50.4 Å². The van der Waals surface area contributed by atoms with E-state index in [2.05, 4.69) is 29.8 Å². The number of hydrogen-bond donors (Lipinski definition) is 1. The maximum absolute atomic E-state index is 11.7. The van der Waals surface area contributed by atoms with Gasteiger partial charge in [0.25, 0.3) is 0 Å². The van der Waals surface area contributed by atoms with Crippen LogP contribution in [0.25, 0.3) is 0 Å². The van der Waals surface area contributed by atoms with E-state index >= 15 is 0 Å². The minimum Gasteiger partial charge on any atom is -0.466 e. The van der Waals surface area contributed by atoms with Crippen molar-refractivity contribution in [1.29, 1.82) is 0 Å². The average Bonchev–Trinajstić information content (AvgIpc) is 2.94. The second-order valence-corrected chi connectivity index (χ2v) is 6.18. The highest BCUT2D eigenvalue weighted by molar-refractivity contribution is 7.10. The summed E-state index contributed by atoms with van der Waals surface area (Å²) < 4.78 is 5.10. The smallest absolute Gasteiger partial charge is 0.308 e. The number of rotatable bonds is 5. The predicted molar refractivity (Wildman–Crippen MR) is 78.2 cm³/mol. The number of carbonyl (C=O) groups is 1. The van der Waals surface area contributed by atoms with Crippen LogP contribution >= 0.6 is 11.3 Å². The molecule has 0 aliphatic heterocycles. The fourth-order valence-electron chi connectivity index (χ4n) is 2.73. The molecule has 1 N–H and O–H groups in total. The first-order valence-electron chi connectivity index (χ1n) is 7.16. The molecule has 4 heteroatoms. The van der Waals surface area contributed by atoms with Crippen LogP contribution in [0.2, 0.25) is 0 Å². The number of esters is 1. The van der Waals surface area contributed by atoms with Crippen molar-refractivity contribution in [2.24, 2.45) is 5.92 Å². The molecule has 1 atom stereocenters. The van der Waals surface area contributed by atoms with Crippen LogP contribution in [0.15, 0.2) is 17.5 Å². The van der Waals surface area contributed by atoms with Crippen molar-refractivity contribution in [2.45, 2.75) is 51.6 Å². The molecule has 3 nitrogen and oxygen atoms in total. The molecule has 1 aliphatic rings. The van der Waals surface area contributed by atoms with Crippen molar-refractivity contribution in [3.05, 3.63) is 22.4 Å². The predicted octanol–water partition coefficient (Wildman–Crippen LogP) is 3.52. The zero-order valence-electron chi connectivity index (χ0n) is 11.7. The lowest BCUT2D eigenvalue weighted by Gasteiger charge is -2.30. The van der Waals surface area contributed by atoms with Crippen LogP contribution in [0.5, 0.6) is 0 Å². The van der Waals surface area contributed by atoms with Gasteiger partial charge in [-0.25, -0.2) is 0 Å². The summed E-state index contributed by atoms with van der Waals surface area (Å²) >= 11 is 1.80. The minimum absolute atomic E-state index is 0.00717. The maximum atomic E-state index is 11.7. The normalized spacial score (nSPS) is 24.9. The topological polar surface area (TPSA) is 38.3 Å². The highest BCUT2D eigenvalue weighted by Crippen LogP contribution is 2.28. The molecule has 2 rings (SSSR count).